The van der Waals surface area contributed by atoms with E-state index in [2.05, 4.69) is 6.92 Å². The first-order valence-corrected chi connectivity index (χ1v) is 12.0. The molecule has 0 aliphatic carbocycles. The Morgan fingerprint density at radius 1 is 0.700 bits per heavy atom. The van der Waals surface area contributed by atoms with Gasteiger partial charge in [0.05, 0.1) is 0 Å². The van der Waals surface area contributed by atoms with Crippen LogP contribution in [0, 0.1) is 0 Å². The molecule has 0 aromatic heterocycles. The Hall–Kier alpha value is 1.75. The molecule has 0 atom stereocenters. The Labute approximate surface area is 159 Å². The molecule has 0 fully saturated rings. The molecule has 0 amide bonds. The number of unbranched alkanes of at least 4 members (excludes halogenated alkanes) is 11. The summed E-state index contributed by atoms with van der Waals surface area (Å²) in [4.78, 5) is 21.6. The third kappa shape index (κ3) is 36.7. The first kappa shape index (κ1) is 24.0. The molecular weight excluding hydrogens is 302 g/mol. The van der Waals surface area contributed by atoms with Crippen LogP contribution < -0.4 is 0 Å². The zero-order chi connectivity index (χ0) is 15.7. The molecule has 4 nitrogen and oxygen atoms in total. The standard InChI is InChI=1S/C14H29.K.H3O4P/c1-3-5-7-9-11-13-14-12-10-8-6-4-2;;1-5(2,3)4/h1,3-14H2,2H3;;(H3,1,2,3,4). The van der Waals surface area contributed by atoms with Gasteiger partial charge in [-0.3, -0.25) is 0 Å². The van der Waals surface area contributed by atoms with Crippen molar-refractivity contribution in [1.29, 1.82) is 0 Å². The first-order chi connectivity index (χ1) is 9.41. The van der Waals surface area contributed by atoms with Gasteiger partial charge in [-0.15, -0.1) is 0 Å². The van der Waals surface area contributed by atoms with Crippen LogP contribution in [-0.2, 0) is 4.57 Å². The Morgan fingerprint density at radius 2 is 0.950 bits per heavy atom. The van der Waals surface area contributed by atoms with E-state index in [4.69, 9.17) is 19.2 Å². The molecule has 0 aromatic carbocycles. The van der Waals surface area contributed by atoms with Crippen molar-refractivity contribution in [3.05, 3.63) is 0 Å². The van der Waals surface area contributed by atoms with Crippen LogP contribution in [0.25, 0.3) is 0 Å². The van der Waals surface area contributed by atoms with Crippen LogP contribution in [-0.4, -0.2) is 63.6 Å². The van der Waals surface area contributed by atoms with Crippen LogP contribution in [0.15, 0.2) is 0 Å². The Kier molecular flexibility index (Phi) is 22.6. The van der Waals surface area contributed by atoms with Crippen LogP contribution >= 0.6 is 7.82 Å². The van der Waals surface area contributed by atoms with Crippen molar-refractivity contribution in [2.24, 2.45) is 0 Å². The number of hydrogen-bond acceptors (Lipinski definition) is 1. The van der Waals surface area contributed by atoms with Gasteiger partial charge in [-0.1, -0.05) is 13.3 Å². The van der Waals surface area contributed by atoms with Gasteiger partial charge < -0.3 is 14.7 Å². The maximum Gasteiger partial charge on any atom is 0.466 e. The topological polar surface area (TPSA) is 77.8 Å². The van der Waals surface area contributed by atoms with Crippen molar-refractivity contribution in [1.82, 2.24) is 0 Å². The molecule has 0 spiro atoms. The monoisotopic (exact) mass is 334 g/mol. The van der Waals surface area contributed by atoms with Crippen LogP contribution in [0.2, 0.25) is 0.515 Å². The summed E-state index contributed by atoms with van der Waals surface area (Å²) in [5.41, 5.74) is 0. The molecule has 3 N–H and O–H groups in total. The van der Waals surface area contributed by atoms with Gasteiger partial charge in [0.2, 0.25) is 0 Å². The molecule has 0 aromatic rings. The van der Waals surface area contributed by atoms with Crippen molar-refractivity contribution in [3.8, 4) is 0 Å². The van der Waals surface area contributed by atoms with E-state index >= 15 is 0 Å². The van der Waals surface area contributed by atoms with Crippen molar-refractivity contribution < 1.29 is 19.2 Å². The van der Waals surface area contributed by atoms with E-state index in [0.717, 1.165) is 49.0 Å². The molecular formula is C14H32KO4P. The van der Waals surface area contributed by atoms with Crippen molar-refractivity contribution in [2.45, 2.75) is 84.5 Å². The van der Waals surface area contributed by atoms with Gasteiger partial charge in [-0.2, -0.15) is 0 Å². The smallest absolute Gasteiger partial charge is 0.303 e. The van der Waals surface area contributed by atoms with E-state index in [9.17, 15) is 0 Å². The number of rotatable bonds is 12. The van der Waals surface area contributed by atoms with Crippen LogP contribution in [0.4, 0.5) is 0 Å². The fourth-order valence-corrected chi connectivity index (χ4v) is 2.87. The van der Waals surface area contributed by atoms with E-state index in [0.29, 0.717) is 0 Å². The summed E-state index contributed by atoms with van der Waals surface area (Å²) in [6.07, 6.45) is 17.8. The van der Waals surface area contributed by atoms with E-state index < -0.39 is 7.82 Å². The van der Waals surface area contributed by atoms with Crippen molar-refractivity contribution in [3.63, 3.8) is 0 Å². The van der Waals surface area contributed by atoms with Gasteiger partial charge in [-0.25, -0.2) is 4.57 Å². The Balaban J connectivity index is 0. The number of hydrogen-bond donors (Lipinski definition) is 3. The second-order valence-corrected chi connectivity index (χ2v) is 7.99. The molecule has 0 unspecified atom stereocenters. The fourth-order valence-electron chi connectivity index (χ4n) is 2.09. The van der Waals surface area contributed by atoms with Crippen LogP contribution in [0.1, 0.15) is 84.0 Å². The predicted molar refractivity (Wildman–Crippen MR) is 85.9 cm³/mol. The zero-order valence-corrected chi connectivity index (χ0v) is 17.4. The van der Waals surface area contributed by atoms with Gasteiger partial charge in [0.1, 0.15) is 0 Å². The summed E-state index contributed by atoms with van der Waals surface area (Å²) in [6.45, 7) is 2.29. The average molecular weight is 334 g/mol. The summed E-state index contributed by atoms with van der Waals surface area (Å²) in [5.74, 6) is 0. The quantitative estimate of drug-likeness (QED) is 0.282. The molecule has 0 bridgehead atoms. The fraction of sp³-hybridized carbons (Fsp3) is 1.00. The molecule has 6 heteroatoms. The van der Waals surface area contributed by atoms with Gasteiger partial charge in [0, 0.05) is 0 Å². The zero-order valence-electron chi connectivity index (χ0n) is 13.4. The Morgan fingerprint density at radius 3 is 1.20 bits per heavy atom. The number of phosphoric acid groups is 1. The second kappa shape index (κ2) is 18.8. The summed E-state index contributed by atoms with van der Waals surface area (Å²) >= 11 is 1.10. The average Bonchev–Trinajstić information content (AvgIpc) is 2.34. The van der Waals surface area contributed by atoms with Crippen molar-refractivity contribution in [2.75, 3.05) is 0 Å². The minimum absolute atomic E-state index is 1.10. The van der Waals surface area contributed by atoms with Gasteiger partial charge in [0.15, 0.2) is 0 Å². The van der Waals surface area contributed by atoms with E-state index in [-0.39, 0.29) is 0 Å². The molecule has 0 saturated heterocycles. The van der Waals surface area contributed by atoms with E-state index in [1.54, 1.807) is 0.515 Å². The molecule has 0 heterocycles. The molecule has 0 aliphatic rings. The summed E-state index contributed by atoms with van der Waals surface area (Å²) < 4.78 is 10.4. The second-order valence-electron chi connectivity index (χ2n) is 5.40. The largest absolute Gasteiger partial charge is 0.466 e. The molecule has 0 aliphatic heterocycles. The van der Waals surface area contributed by atoms with Crippen LogP contribution in [0.5, 0.6) is 0 Å². The third-order valence-electron chi connectivity index (χ3n) is 3.21. The summed E-state index contributed by atoms with van der Waals surface area (Å²) in [5, 5.41) is 0. The normalized spacial score (nSPS) is 11.1. The van der Waals surface area contributed by atoms with Gasteiger partial charge in [-0.05, 0) is 0 Å². The minimum Gasteiger partial charge on any atom is -0.303 e. The molecule has 0 saturated carbocycles. The van der Waals surface area contributed by atoms with Crippen molar-refractivity contribution >= 4 is 56.8 Å². The molecule has 20 heavy (non-hydrogen) atoms. The maximum absolute atomic E-state index is 8.88. The van der Waals surface area contributed by atoms with Crippen LogP contribution in [0.3, 0.4) is 0 Å². The summed E-state index contributed by atoms with van der Waals surface area (Å²) in [6, 6.07) is 0. The first-order valence-electron chi connectivity index (χ1n) is 8.20. The Bertz CT molecular complexity index is 201. The maximum atomic E-state index is 8.88. The van der Waals surface area contributed by atoms with E-state index in [1.807, 2.05) is 0 Å². The van der Waals surface area contributed by atoms with Gasteiger partial charge >= 0.3 is 128 Å². The summed E-state index contributed by atoms with van der Waals surface area (Å²) in [7, 11) is -4.64. The third-order valence-corrected chi connectivity index (χ3v) is 4.31. The molecule has 0 rings (SSSR count). The van der Waals surface area contributed by atoms with E-state index in [1.165, 1.54) is 77.0 Å². The molecule has 0 radical (unpaired) electrons. The minimum atomic E-state index is -4.64. The SMILES string of the molecule is CCCCCCCCCCCCC[CH2][K].O=P(O)(O)O. The van der Waals surface area contributed by atoms with Gasteiger partial charge in [0.25, 0.3) is 0 Å². The predicted octanol–water partition coefficient (Wildman–Crippen LogP) is 4.35. The molecule has 118 valence electrons.